The molecule has 0 saturated carbocycles. The number of hydrogen-bond acceptors (Lipinski definition) is 4. The van der Waals surface area contributed by atoms with Gasteiger partial charge < -0.3 is 5.32 Å². The van der Waals surface area contributed by atoms with E-state index in [2.05, 4.69) is 26.2 Å². The highest BCUT2D eigenvalue weighted by molar-refractivity contribution is 9.10. The van der Waals surface area contributed by atoms with Gasteiger partial charge in [-0.3, -0.25) is 4.79 Å². The Morgan fingerprint density at radius 2 is 2.45 bits per heavy atom. The molecule has 1 fully saturated rings. The van der Waals surface area contributed by atoms with Crippen LogP contribution in [0.1, 0.15) is 12.0 Å². The first-order valence-corrected chi connectivity index (χ1v) is 7.05. The zero-order valence-electron chi connectivity index (χ0n) is 10.3. The number of hydrogen-bond donors (Lipinski definition) is 1. The lowest BCUT2D eigenvalue weighted by atomic mass is 10.1. The van der Waals surface area contributed by atoms with E-state index in [9.17, 15) is 9.18 Å². The Balaban J connectivity index is 2.24. The van der Waals surface area contributed by atoms with Gasteiger partial charge in [0, 0.05) is 30.3 Å². The van der Waals surface area contributed by atoms with Crippen molar-refractivity contribution in [3.05, 3.63) is 22.3 Å². The molecule has 106 valence electrons. The van der Waals surface area contributed by atoms with Crippen molar-refractivity contribution in [1.82, 2.24) is 10.3 Å². The van der Waals surface area contributed by atoms with E-state index >= 15 is 0 Å². The van der Waals surface area contributed by atoms with Gasteiger partial charge in [0.2, 0.25) is 0 Å². The first-order valence-electron chi connectivity index (χ1n) is 5.92. The molecule has 1 saturated heterocycles. The molecule has 1 aliphatic rings. The van der Waals surface area contributed by atoms with Gasteiger partial charge in [0.1, 0.15) is 10.8 Å². The van der Waals surface area contributed by atoms with Crippen LogP contribution in [0.15, 0.2) is 16.7 Å². The highest BCUT2D eigenvalue weighted by Crippen LogP contribution is 2.25. The van der Waals surface area contributed by atoms with E-state index in [1.165, 1.54) is 0 Å². The Labute approximate surface area is 129 Å². The molecule has 0 bridgehead atoms. The van der Waals surface area contributed by atoms with E-state index in [1.54, 1.807) is 12.1 Å². The van der Waals surface area contributed by atoms with Gasteiger partial charge in [0.25, 0.3) is 5.91 Å². The zero-order valence-corrected chi connectivity index (χ0v) is 12.7. The first-order chi connectivity index (χ1) is 9.52. The Bertz CT molecular complexity index is 565. The Hall–Kier alpha value is -1.23. The summed E-state index contributed by atoms with van der Waals surface area (Å²) in [5.74, 6) is -0.284. The highest BCUT2D eigenvalue weighted by atomic mass is 79.9. The number of halogens is 3. The van der Waals surface area contributed by atoms with Crippen LogP contribution in [0.4, 0.5) is 10.2 Å². The van der Waals surface area contributed by atoms with Gasteiger partial charge in [-0.2, -0.15) is 5.26 Å². The number of rotatable bonds is 3. The van der Waals surface area contributed by atoms with Gasteiger partial charge in [0.15, 0.2) is 5.82 Å². The fraction of sp³-hybridized carbons (Fsp3) is 0.417. The second-order valence-corrected chi connectivity index (χ2v) is 5.52. The molecular formula is C12H11BrClFN4O. The maximum absolute atomic E-state index is 13.1. The average Bonchev–Trinajstić information content (AvgIpc) is 2.86. The van der Waals surface area contributed by atoms with Gasteiger partial charge in [-0.25, -0.2) is 13.8 Å². The molecule has 0 spiro atoms. The van der Waals surface area contributed by atoms with Crippen LogP contribution in [0.25, 0.3) is 0 Å². The van der Waals surface area contributed by atoms with Crippen molar-refractivity contribution in [3.8, 4) is 6.07 Å². The zero-order chi connectivity index (χ0) is 14.7. The van der Waals surface area contributed by atoms with Crippen molar-refractivity contribution in [2.45, 2.75) is 25.1 Å². The number of aromatic nitrogens is 1. The molecule has 0 aromatic carbocycles. The minimum absolute atomic E-state index is 0.0793. The van der Waals surface area contributed by atoms with Crippen LogP contribution in [0, 0.1) is 11.3 Å². The molecule has 5 nitrogen and oxygen atoms in total. The van der Waals surface area contributed by atoms with Gasteiger partial charge in [-0.1, -0.05) is 6.07 Å². The number of carbonyl (C=O) groups excluding carboxylic acids is 1. The first kappa shape index (κ1) is 15.2. The number of alkyl halides is 1. The minimum Gasteiger partial charge on any atom is -0.303 e. The van der Waals surface area contributed by atoms with E-state index in [0.29, 0.717) is 10.2 Å². The molecule has 2 rings (SSSR count). The third kappa shape index (κ3) is 3.26. The molecule has 1 N–H and O–H groups in total. The quantitative estimate of drug-likeness (QED) is 0.661. The molecule has 0 radical (unpaired) electrons. The van der Waals surface area contributed by atoms with Gasteiger partial charge in [0.05, 0.1) is 18.5 Å². The molecular weight excluding hydrogens is 351 g/mol. The number of anilines is 1. The highest BCUT2D eigenvalue weighted by Gasteiger charge is 2.33. The van der Waals surface area contributed by atoms with Crippen LogP contribution in [-0.4, -0.2) is 29.6 Å². The Kier molecular flexibility index (Phi) is 4.91. The van der Waals surface area contributed by atoms with Gasteiger partial charge >= 0.3 is 0 Å². The van der Waals surface area contributed by atoms with Crippen LogP contribution in [-0.2, 0) is 11.2 Å². The summed E-state index contributed by atoms with van der Waals surface area (Å²) in [6.07, 6.45) is -0.886. The third-order valence-corrected chi connectivity index (χ3v) is 3.71. The topological polar surface area (TPSA) is 69.0 Å². The van der Waals surface area contributed by atoms with E-state index in [-0.39, 0.29) is 25.2 Å². The number of nitrogens with one attached hydrogen (secondary N) is 1. The summed E-state index contributed by atoms with van der Waals surface area (Å²) >= 11 is 9.22. The summed E-state index contributed by atoms with van der Waals surface area (Å²) in [6.45, 7) is 0.137. The smallest absolute Gasteiger partial charge is 0.260 e. The normalized spacial score (nSPS) is 21.5. The van der Waals surface area contributed by atoms with Crippen molar-refractivity contribution in [3.63, 3.8) is 0 Å². The summed E-state index contributed by atoms with van der Waals surface area (Å²) in [6, 6.07) is 4.65. The average molecular weight is 362 g/mol. The van der Waals surface area contributed by atoms with E-state index in [1.807, 2.05) is 6.07 Å². The monoisotopic (exact) mass is 360 g/mol. The number of amides is 1. The molecule has 0 aliphatic carbocycles. The van der Waals surface area contributed by atoms with Crippen molar-refractivity contribution in [2.75, 3.05) is 11.0 Å². The third-order valence-electron chi connectivity index (χ3n) is 2.95. The van der Waals surface area contributed by atoms with Crippen LogP contribution in [0.2, 0.25) is 0 Å². The fourth-order valence-corrected chi connectivity index (χ4v) is 2.53. The molecule has 1 aliphatic heterocycles. The summed E-state index contributed by atoms with van der Waals surface area (Å²) in [5, 5.41) is 11.5. The summed E-state index contributed by atoms with van der Waals surface area (Å²) < 4.78 is 14.5. The Morgan fingerprint density at radius 1 is 1.70 bits per heavy atom. The van der Waals surface area contributed by atoms with Gasteiger partial charge in [-0.05, 0) is 22.0 Å². The van der Waals surface area contributed by atoms with Crippen LogP contribution in [0.5, 0.6) is 0 Å². The predicted octanol–water partition coefficient (Wildman–Crippen LogP) is 2.10. The molecule has 1 amide bonds. The minimum atomic E-state index is -1.05. The molecule has 1 aromatic rings. The number of pyridine rings is 1. The predicted molar refractivity (Wildman–Crippen MR) is 75.9 cm³/mol. The van der Waals surface area contributed by atoms with Crippen molar-refractivity contribution >= 4 is 39.4 Å². The molecule has 1 aromatic heterocycles. The number of nitrogens with zero attached hydrogens (tertiary/aromatic N) is 3. The van der Waals surface area contributed by atoms with Crippen molar-refractivity contribution in [2.24, 2.45) is 0 Å². The summed E-state index contributed by atoms with van der Waals surface area (Å²) in [7, 11) is 0. The fourth-order valence-electron chi connectivity index (χ4n) is 1.97. The lowest BCUT2D eigenvalue weighted by Crippen LogP contribution is -2.39. The van der Waals surface area contributed by atoms with Crippen LogP contribution < -0.4 is 9.74 Å². The Morgan fingerprint density at radius 3 is 3.05 bits per heavy atom. The summed E-state index contributed by atoms with van der Waals surface area (Å²) in [5.41, 5.74) is 0.536. The maximum atomic E-state index is 13.1. The second-order valence-electron chi connectivity index (χ2n) is 4.36. The molecule has 2 heterocycles. The van der Waals surface area contributed by atoms with E-state index in [4.69, 9.17) is 17.0 Å². The largest absolute Gasteiger partial charge is 0.303 e. The molecule has 2 atom stereocenters. The van der Waals surface area contributed by atoms with E-state index in [0.717, 1.165) is 4.42 Å². The number of carbonyl (C=O) groups is 1. The lowest BCUT2D eigenvalue weighted by molar-refractivity contribution is -0.119. The van der Waals surface area contributed by atoms with Crippen LogP contribution in [0.3, 0.4) is 0 Å². The maximum Gasteiger partial charge on any atom is 0.260 e. The number of nitriles is 1. The van der Waals surface area contributed by atoms with E-state index < -0.39 is 18.1 Å². The van der Waals surface area contributed by atoms with Gasteiger partial charge in [-0.15, -0.1) is 0 Å². The van der Waals surface area contributed by atoms with Crippen LogP contribution >= 0.6 is 27.7 Å². The SMILES string of the molecule is N#CCc1ccc(Br)nc1N(Cl)C(=O)[C@@H]1C[C@@H](F)CN1. The van der Waals surface area contributed by atoms with Crippen molar-refractivity contribution < 1.29 is 9.18 Å². The summed E-state index contributed by atoms with van der Waals surface area (Å²) in [4.78, 5) is 16.3. The molecule has 8 heteroatoms. The second kappa shape index (κ2) is 6.48. The standard InChI is InChI=1S/C12H11BrClFN4O/c13-10-2-1-7(3-4-16)11(18-10)19(14)12(20)9-5-8(15)6-17-9/h1-2,8-9,17H,3,5-6H2/t8-,9+/m1/s1. The lowest BCUT2D eigenvalue weighted by Gasteiger charge is -2.19. The molecule has 0 unspecified atom stereocenters. The molecule has 20 heavy (non-hydrogen) atoms. The van der Waals surface area contributed by atoms with Crippen molar-refractivity contribution in [1.29, 1.82) is 5.26 Å².